The van der Waals surface area contributed by atoms with Crippen LogP contribution in [0, 0.1) is 5.92 Å². The highest BCUT2D eigenvalue weighted by molar-refractivity contribution is 6.04. The summed E-state index contributed by atoms with van der Waals surface area (Å²) >= 11 is 0. The van der Waals surface area contributed by atoms with E-state index >= 15 is 0 Å². The zero-order valence-electron chi connectivity index (χ0n) is 9.59. The van der Waals surface area contributed by atoms with Gasteiger partial charge in [0.1, 0.15) is 5.84 Å². The van der Waals surface area contributed by atoms with Crippen LogP contribution < -0.4 is 0 Å². The number of allylic oxidation sites excluding steroid dienone is 2. The third kappa shape index (κ3) is 2.13. The third-order valence-electron chi connectivity index (χ3n) is 2.95. The topological polar surface area (TPSA) is 70.0 Å². The minimum atomic E-state index is -0.842. The smallest absolute Gasteiger partial charge is 0.312 e. The van der Waals surface area contributed by atoms with Crippen LogP contribution >= 0.6 is 0 Å². The molecule has 0 aromatic rings. The van der Waals surface area contributed by atoms with Crippen LogP contribution in [0.25, 0.3) is 0 Å². The number of amides is 1. The lowest BCUT2D eigenvalue weighted by Crippen LogP contribution is -2.40. The quantitative estimate of drug-likeness (QED) is 0.796. The summed E-state index contributed by atoms with van der Waals surface area (Å²) < 4.78 is 0. The summed E-state index contributed by atoms with van der Waals surface area (Å²) in [5.74, 6) is -0.979. The molecule has 2 heterocycles. The summed E-state index contributed by atoms with van der Waals surface area (Å²) in [6.45, 7) is 2.35. The maximum Gasteiger partial charge on any atom is 0.312 e. The van der Waals surface area contributed by atoms with Crippen LogP contribution in [0.2, 0.25) is 0 Å². The second-order valence-electron chi connectivity index (χ2n) is 4.02. The zero-order chi connectivity index (χ0) is 12.4. The molecular formula is C12H14N2O3. The van der Waals surface area contributed by atoms with Crippen LogP contribution in [0.5, 0.6) is 0 Å². The number of rotatable bonds is 3. The Kier molecular flexibility index (Phi) is 3.08. The molecule has 90 valence electrons. The molecule has 2 aliphatic heterocycles. The first kappa shape index (κ1) is 11.6. The monoisotopic (exact) mass is 234 g/mol. The van der Waals surface area contributed by atoms with Gasteiger partial charge in [0.25, 0.3) is 0 Å². The van der Waals surface area contributed by atoms with Crippen molar-refractivity contribution in [3.63, 3.8) is 0 Å². The zero-order valence-corrected chi connectivity index (χ0v) is 9.59. The van der Waals surface area contributed by atoms with E-state index in [2.05, 4.69) is 4.99 Å². The van der Waals surface area contributed by atoms with Crippen molar-refractivity contribution in [2.45, 2.75) is 19.8 Å². The van der Waals surface area contributed by atoms with Crippen molar-refractivity contribution in [1.82, 2.24) is 4.90 Å². The van der Waals surface area contributed by atoms with Gasteiger partial charge in [-0.2, -0.15) is 4.99 Å². The molecule has 0 bridgehead atoms. The molecule has 2 rings (SSSR count). The van der Waals surface area contributed by atoms with Crippen LogP contribution in [0.1, 0.15) is 19.8 Å². The average molecular weight is 234 g/mol. The molecule has 17 heavy (non-hydrogen) atoms. The molecule has 2 aliphatic rings. The third-order valence-corrected chi connectivity index (χ3v) is 2.95. The van der Waals surface area contributed by atoms with Gasteiger partial charge in [0.05, 0.1) is 5.92 Å². The van der Waals surface area contributed by atoms with E-state index in [0.717, 1.165) is 0 Å². The van der Waals surface area contributed by atoms with Gasteiger partial charge in [-0.1, -0.05) is 13.0 Å². The van der Waals surface area contributed by atoms with E-state index in [-0.39, 0.29) is 5.91 Å². The fraction of sp³-hybridized carbons (Fsp3) is 0.417. The number of carboxylic acid groups (broad SMARTS) is 1. The number of hydrogen-bond acceptors (Lipinski definition) is 3. The van der Waals surface area contributed by atoms with Gasteiger partial charge in [0, 0.05) is 18.7 Å². The molecule has 5 nitrogen and oxygen atoms in total. The van der Waals surface area contributed by atoms with Gasteiger partial charge in [-0.3, -0.25) is 9.59 Å². The van der Waals surface area contributed by atoms with Crippen molar-refractivity contribution in [1.29, 1.82) is 0 Å². The van der Waals surface area contributed by atoms with E-state index in [9.17, 15) is 9.59 Å². The summed E-state index contributed by atoms with van der Waals surface area (Å²) in [6, 6.07) is 0. The largest absolute Gasteiger partial charge is 0.481 e. The van der Waals surface area contributed by atoms with Gasteiger partial charge >= 0.3 is 5.97 Å². The molecule has 1 amide bonds. The van der Waals surface area contributed by atoms with Crippen LogP contribution in [-0.2, 0) is 9.59 Å². The highest BCUT2D eigenvalue weighted by Gasteiger charge is 2.30. The van der Waals surface area contributed by atoms with E-state index in [1.807, 2.05) is 11.8 Å². The lowest BCUT2D eigenvalue weighted by molar-refractivity contribution is -0.140. The molecule has 0 aromatic heterocycles. The van der Waals surface area contributed by atoms with Gasteiger partial charge in [0.2, 0.25) is 5.91 Å². The Labute approximate surface area is 99.1 Å². The molecule has 5 heteroatoms. The first-order valence-corrected chi connectivity index (χ1v) is 5.63. The second kappa shape index (κ2) is 4.53. The molecule has 1 N–H and O–H groups in total. The Balaban J connectivity index is 2.33. The van der Waals surface area contributed by atoms with Crippen LogP contribution in [0.15, 0.2) is 28.9 Å². The normalized spacial score (nSPS) is 20.5. The molecule has 1 unspecified atom stereocenters. The van der Waals surface area contributed by atoms with E-state index in [0.29, 0.717) is 30.9 Å². The van der Waals surface area contributed by atoms with E-state index < -0.39 is 11.9 Å². The summed E-state index contributed by atoms with van der Waals surface area (Å²) in [4.78, 5) is 28.1. The predicted molar refractivity (Wildman–Crippen MR) is 62.4 cm³/mol. The molecule has 0 aliphatic carbocycles. The Morgan fingerprint density at radius 3 is 3.06 bits per heavy atom. The SMILES string of the molecule is CCC(C(=O)O)C1=CC=CC2=NC(=O)CCN12. The number of hydrogen-bond donors (Lipinski definition) is 1. The fourth-order valence-corrected chi connectivity index (χ4v) is 2.09. The highest BCUT2D eigenvalue weighted by atomic mass is 16.4. The number of carbonyl (C=O) groups excluding carboxylic acids is 1. The number of nitrogens with zero attached hydrogens (tertiary/aromatic N) is 2. The van der Waals surface area contributed by atoms with Gasteiger partial charge in [-0.25, -0.2) is 0 Å². The lowest BCUT2D eigenvalue weighted by Gasteiger charge is -2.33. The lowest BCUT2D eigenvalue weighted by atomic mass is 9.98. The number of aliphatic imine (C=N–C) groups is 1. The molecule has 0 aromatic carbocycles. The predicted octanol–water partition coefficient (Wildman–Crippen LogP) is 1.18. The highest BCUT2D eigenvalue weighted by Crippen LogP contribution is 2.25. The molecule has 1 atom stereocenters. The van der Waals surface area contributed by atoms with Crippen LogP contribution in [-0.4, -0.2) is 34.3 Å². The summed E-state index contributed by atoms with van der Waals surface area (Å²) in [7, 11) is 0. The van der Waals surface area contributed by atoms with Crippen molar-refractivity contribution < 1.29 is 14.7 Å². The van der Waals surface area contributed by atoms with E-state index in [1.165, 1.54) is 0 Å². The van der Waals surface area contributed by atoms with Crippen LogP contribution in [0.3, 0.4) is 0 Å². The first-order valence-electron chi connectivity index (χ1n) is 5.63. The van der Waals surface area contributed by atoms with E-state index in [1.54, 1.807) is 18.2 Å². The van der Waals surface area contributed by atoms with Gasteiger partial charge < -0.3 is 10.0 Å². The Morgan fingerprint density at radius 2 is 2.41 bits per heavy atom. The van der Waals surface area contributed by atoms with Crippen molar-refractivity contribution in [2.24, 2.45) is 10.9 Å². The maximum atomic E-state index is 11.2. The van der Waals surface area contributed by atoms with Gasteiger partial charge in [-0.05, 0) is 18.6 Å². The van der Waals surface area contributed by atoms with Crippen LogP contribution in [0.4, 0.5) is 0 Å². The van der Waals surface area contributed by atoms with E-state index in [4.69, 9.17) is 5.11 Å². The molecule has 0 saturated carbocycles. The molecule has 0 saturated heterocycles. The molecule has 0 radical (unpaired) electrons. The minimum absolute atomic E-state index is 0.148. The number of fused-ring (bicyclic) bond motifs is 1. The van der Waals surface area contributed by atoms with Crippen molar-refractivity contribution in [3.8, 4) is 0 Å². The van der Waals surface area contributed by atoms with Crippen molar-refractivity contribution in [3.05, 3.63) is 23.9 Å². The number of carboxylic acids is 1. The summed E-state index contributed by atoms with van der Waals surface area (Å²) in [5.41, 5.74) is 0.716. The fourth-order valence-electron chi connectivity index (χ4n) is 2.09. The van der Waals surface area contributed by atoms with Gasteiger partial charge in [-0.15, -0.1) is 0 Å². The molecule has 0 fully saturated rings. The molecule has 0 spiro atoms. The average Bonchev–Trinajstić information content (AvgIpc) is 2.29. The second-order valence-corrected chi connectivity index (χ2v) is 4.02. The maximum absolute atomic E-state index is 11.2. The standard InChI is InChI=1S/C12H14N2O3/c1-2-8(12(16)17)9-4-3-5-10-13-11(15)6-7-14(9)10/h3-5,8H,2,6-7H2,1H3,(H,16,17). The van der Waals surface area contributed by atoms with Crippen molar-refractivity contribution in [2.75, 3.05) is 6.54 Å². The summed E-state index contributed by atoms with van der Waals surface area (Å²) in [5, 5.41) is 9.17. The number of amidine groups is 1. The Hall–Kier alpha value is -1.91. The van der Waals surface area contributed by atoms with Crippen molar-refractivity contribution >= 4 is 17.7 Å². The number of aliphatic carboxylic acids is 1. The molecular weight excluding hydrogens is 220 g/mol. The first-order chi connectivity index (χ1) is 8.13. The minimum Gasteiger partial charge on any atom is -0.481 e. The Morgan fingerprint density at radius 1 is 1.65 bits per heavy atom. The number of carbonyl (C=O) groups is 2. The van der Waals surface area contributed by atoms with Gasteiger partial charge in [0.15, 0.2) is 0 Å². The Bertz CT molecular complexity index is 449. The summed E-state index contributed by atoms with van der Waals surface area (Å²) in [6.07, 6.45) is 6.12.